The van der Waals surface area contributed by atoms with Crippen molar-refractivity contribution < 1.29 is 13.2 Å². The van der Waals surface area contributed by atoms with Gasteiger partial charge >= 0.3 is 0 Å². The number of thioether (sulfide) groups is 1. The fourth-order valence-corrected chi connectivity index (χ4v) is 4.31. The number of sulfonamides is 1. The molecule has 0 fully saturated rings. The third-order valence-electron chi connectivity index (χ3n) is 4.40. The second kappa shape index (κ2) is 8.34. The first-order valence-electron chi connectivity index (χ1n) is 8.76. The van der Waals surface area contributed by atoms with Crippen molar-refractivity contribution in [1.82, 2.24) is 14.9 Å². The van der Waals surface area contributed by atoms with E-state index in [1.54, 1.807) is 6.07 Å². The standard InChI is InChI=1S/C19H22N4O3S2/c1-3-23-17-9-8-15(28(20,25)26)10-16(17)22-19(23)27-12-18(24)21-11-14-7-5-4-6-13(14)2/h4-10H,3,11-12H2,1-2H3,(H,21,24)(H2,20,25,26). The normalized spacial score (nSPS) is 11.7. The van der Waals surface area contributed by atoms with E-state index in [-0.39, 0.29) is 16.6 Å². The topological polar surface area (TPSA) is 107 Å². The summed E-state index contributed by atoms with van der Waals surface area (Å²) < 4.78 is 25.0. The number of benzene rings is 2. The molecule has 0 radical (unpaired) electrons. The van der Waals surface area contributed by atoms with E-state index < -0.39 is 10.0 Å². The lowest BCUT2D eigenvalue weighted by Crippen LogP contribution is -2.25. The molecule has 0 aliphatic heterocycles. The van der Waals surface area contributed by atoms with Gasteiger partial charge in [0.1, 0.15) is 0 Å². The van der Waals surface area contributed by atoms with Crippen molar-refractivity contribution in [3.8, 4) is 0 Å². The lowest BCUT2D eigenvalue weighted by atomic mass is 10.1. The van der Waals surface area contributed by atoms with Crippen molar-refractivity contribution in [3.63, 3.8) is 0 Å². The summed E-state index contributed by atoms with van der Waals surface area (Å²) >= 11 is 1.32. The summed E-state index contributed by atoms with van der Waals surface area (Å²) in [5, 5.41) is 8.77. The Bertz CT molecular complexity index is 1120. The minimum absolute atomic E-state index is 0.0216. The summed E-state index contributed by atoms with van der Waals surface area (Å²) in [4.78, 5) is 16.7. The number of imidazole rings is 1. The maximum Gasteiger partial charge on any atom is 0.238 e. The van der Waals surface area contributed by atoms with Crippen LogP contribution in [0.1, 0.15) is 18.1 Å². The third-order valence-corrected chi connectivity index (χ3v) is 6.29. The third kappa shape index (κ3) is 4.54. The molecule has 7 nitrogen and oxygen atoms in total. The van der Waals surface area contributed by atoms with Crippen molar-refractivity contribution >= 4 is 38.7 Å². The summed E-state index contributed by atoms with van der Waals surface area (Å²) in [6.07, 6.45) is 0. The number of nitrogens with zero attached hydrogens (tertiary/aromatic N) is 2. The molecule has 9 heteroatoms. The molecule has 0 atom stereocenters. The van der Waals surface area contributed by atoms with Crippen LogP contribution in [0.3, 0.4) is 0 Å². The summed E-state index contributed by atoms with van der Waals surface area (Å²) in [6, 6.07) is 12.5. The van der Waals surface area contributed by atoms with Gasteiger partial charge in [0.05, 0.1) is 21.7 Å². The van der Waals surface area contributed by atoms with Crippen LogP contribution < -0.4 is 10.5 Å². The van der Waals surface area contributed by atoms with Crippen LogP contribution in [-0.4, -0.2) is 29.6 Å². The molecule has 0 unspecified atom stereocenters. The second-order valence-electron chi connectivity index (χ2n) is 6.33. The maximum atomic E-state index is 12.2. The van der Waals surface area contributed by atoms with E-state index in [1.165, 1.54) is 23.9 Å². The van der Waals surface area contributed by atoms with Gasteiger partial charge < -0.3 is 9.88 Å². The number of primary sulfonamides is 1. The Morgan fingerprint density at radius 1 is 1.25 bits per heavy atom. The molecule has 0 spiro atoms. The Kier molecular flexibility index (Phi) is 6.07. The number of aromatic nitrogens is 2. The van der Waals surface area contributed by atoms with Crippen LogP contribution in [0.2, 0.25) is 0 Å². The fourth-order valence-electron chi connectivity index (χ4n) is 2.86. The smallest absolute Gasteiger partial charge is 0.238 e. The van der Waals surface area contributed by atoms with E-state index in [1.807, 2.05) is 42.7 Å². The van der Waals surface area contributed by atoms with Crippen LogP contribution in [0, 0.1) is 6.92 Å². The number of rotatable bonds is 7. The quantitative estimate of drug-likeness (QED) is 0.573. The van der Waals surface area contributed by atoms with Gasteiger partial charge in [0, 0.05) is 13.1 Å². The Hall–Kier alpha value is -2.36. The first kappa shape index (κ1) is 20.4. The van der Waals surface area contributed by atoms with Gasteiger partial charge in [-0.3, -0.25) is 4.79 Å². The molecule has 0 aliphatic rings. The lowest BCUT2D eigenvalue weighted by molar-refractivity contribution is -0.118. The Labute approximate surface area is 168 Å². The second-order valence-corrected chi connectivity index (χ2v) is 8.83. The zero-order valence-electron chi connectivity index (χ0n) is 15.7. The Balaban J connectivity index is 1.71. The zero-order valence-corrected chi connectivity index (χ0v) is 17.3. The van der Waals surface area contributed by atoms with E-state index in [9.17, 15) is 13.2 Å². The highest BCUT2D eigenvalue weighted by Crippen LogP contribution is 2.25. The van der Waals surface area contributed by atoms with Gasteiger partial charge in [0.25, 0.3) is 0 Å². The average Bonchev–Trinajstić information content (AvgIpc) is 3.01. The van der Waals surface area contributed by atoms with Crippen molar-refractivity contribution in [1.29, 1.82) is 0 Å². The highest BCUT2D eigenvalue weighted by molar-refractivity contribution is 7.99. The predicted octanol–water partition coefficient (Wildman–Crippen LogP) is 2.42. The summed E-state index contributed by atoms with van der Waals surface area (Å²) in [5.74, 6) is 0.130. The molecule has 3 rings (SSSR count). The minimum atomic E-state index is -3.79. The van der Waals surface area contributed by atoms with Crippen LogP contribution >= 0.6 is 11.8 Å². The number of nitrogens with one attached hydrogen (secondary N) is 1. The number of hydrogen-bond donors (Lipinski definition) is 2. The molecule has 0 aliphatic carbocycles. The van der Waals surface area contributed by atoms with Gasteiger partial charge in [-0.25, -0.2) is 18.5 Å². The minimum Gasteiger partial charge on any atom is -0.351 e. The predicted molar refractivity (Wildman–Crippen MR) is 111 cm³/mol. The number of amides is 1. The van der Waals surface area contributed by atoms with Gasteiger partial charge in [0.2, 0.25) is 15.9 Å². The van der Waals surface area contributed by atoms with Crippen LogP contribution in [0.5, 0.6) is 0 Å². The molecule has 0 saturated carbocycles. The number of aryl methyl sites for hydroxylation is 2. The number of carbonyl (C=O) groups is 1. The highest BCUT2D eigenvalue weighted by Gasteiger charge is 2.15. The molecule has 1 amide bonds. The Morgan fingerprint density at radius 3 is 2.68 bits per heavy atom. The van der Waals surface area contributed by atoms with Gasteiger partial charge in [-0.15, -0.1) is 0 Å². The van der Waals surface area contributed by atoms with Crippen molar-refractivity contribution in [2.75, 3.05) is 5.75 Å². The fraction of sp³-hybridized carbons (Fsp3) is 0.263. The van der Waals surface area contributed by atoms with E-state index in [0.717, 1.165) is 16.6 Å². The Morgan fingerprint density at radius 2 is 2.00 bits per heavy atom. The first-order valence-corrected chi connectivity index (χ1v) is 11.3. The summed E-state index contributed by atoms with van der Waals surface area (Å²) in [7, 11) is -3.79. The number of carbonyl (C=O) groups excluding carboxylic acids is 1. The molecule has 0 bridgehead atoms. The maximum absolute atomic E-state index is 12.2. The average molecular weight is 419 g/mol. The molecule has 3 N–H and O–H groups in total. The molecule has 1 heterocycles. The molecular weight excluding hydrogens is 396 g/mol. The number of nitrogens with two attached hydrogens (primary N) is 1. The molecule has 28 heavy (non-hydrogen) atoms. The van der Waals surface area contributed by atoms with E-state index in [2.05, 4.69) is 10.3 Å². The van der Waals surface area contributed by atoms with Gasteiger partial charge in [-0.1, -0.05) is 36.0 Å². The lowest BCUT2D eigenvalue weighted by Gasteiger charge is -2.08. The molecule has 2 aromatic carbocycles. The molecular formula is C19H22N4O3S2. The van der Waals surface area contributed by atoms with Crippen molar-refractivity contribution in [2.24, 2.45) is 5.14 Å². The highest BCUT2D eigenvalue weighted by atomic mass is 32.2. The van der Waals surface area contributed by atoms with Crippen LogP contribution in [0.15, 0.2) is 52.5 Å². The SMILES string of the molecule is CCn1c(SCC(=O)NCc2ccccc2C)nc2cc(S(N)(=O)=O)ccc21. The van der Waals surface area contributed by atoms with Gasteiger partial charge in [-0.05, 0) is 43.2 Å². The molecule has 148 valence electrons. The largest absolute Gasteiger partial charge is 0.351 e. The molecule has 1 aromatic heterocycles. The first-order chi connectivity index (χ1) is 13.3. The van der Waals surface area contributed by atoms with E-state index in [0.29, 0.717) is 23.8 Å². The van der Waals surface area contributed by atoms with Crippen LogP contribution in [-0.2, 0) is 27.9 Å². The molecule has 3 aromatic rings. The number of fused-ring (bicyclic) bond motifs is 1. The van der Waals surface area contributed by atoms with E-state index >= 15 is 0 Å². The van der Waals surface area contributed by atoms with Gasteiger partial charge in [0.15, 0.2) is 5.16 Å². The summed E-state index contributed by atoms with van der Waals surface area (Å²) in [6.45, 7) is 5.11. The van der Waals surface area contributed by atoms with Crippen LogP contribution in [0.4, 0.5) is 0 Å². The summed E-state index contributed by atoms with van der Waals surface area (Å²) in [5.41, 5.74) is 3.56. The van der Waals surface area contributed by atoms with Gasteiger partial charge in [-0.2, -0.15) is 0 Å². The van der Waals surface area contributed by atoms with E-state index in [4.69, 9.17) is 5.14 Å². The van der Waals surface area contributed by atoms with Crippen molar-refractivity contribution in [2.45, 2.75) is 37.0 Å². The number of hydrogen-bond acceptors (Lipinski definition) is 5. The zero-order chi connectivity index (χ0) is 20.3. The van der Waals surface area contributed by atoms with Crippen LogP contribution in [0.25, 0.3) is 11.0 Å². The van der Waals surface area contributed by atoms with Crippen molar-refractivity contribution in [3.05, 3.63) is 53.6 Å². The molecule has 0 saturated heterocycles. The monoisotopic (exact) mass is 418 g/mol.